The number of nitrogens with zero attached hydrogens (tertiary/aromatic N) is 1. The van der Waals surface area contributed by atoms with E-state index >= 15 is 0 Å². The third kappa shape index (κ3) is 4.69. The van der Waals surface area contributed by atoms with Crippen LogP contribution in [0.5, 0.6) is 0 Å². The van der Waals surface area contributed by atoms with Crippen LogP contribution in [0.1, 0.15) is 30.4 Å². The number of aryl methyl sites for hydroxylation is 1. The number of aromatic nitrogens is 1. The number of nitrogens with one attached hydrogen (secondary N) is 2. The molecule has 1 aliphatic heterocycles. The van der Waals surface area contributed by atoms with Gasteiger partial charge >= 0.3 is 0 Å². The molecule has 3 aromatic rings. The summed E-state index contributed by atoms with van der Waals surface area (Å²) in [5.41, 5.74) is 2.21. The van der Waals surface area contributed by atoms with Crippen LogP contribution in [0, 0.1) is 0 Å². The Hall–Kier alpha value is -2.63. The highest BCUT2D eigenvalue weighted by molar-refractivity contribution is 5.86. The quantitative estimate of drug-likeness (QED) is 0.552. The topological polar surface area (TPSA) is 68.4 Å². The van der Waals surface area contributed by atoms with E-state index in [1.165, 1.54) is 10.9 Å². The van der Waals surface area contributed by atoms with E-state index in [4.69, 9.17) is 0 Å². The van der Waals surface area contributed by atoms with Crippen molar-refractivity contribution in [2.24, 2.45) is 0 Å². The largest absolute Gasteiger partial charge is 0.379 e. The number of fused-ring (bicyclic) bond motifs is 1. The molecule has 4 rings (SSSR count). The average molecular weight is 392 g/mol. The molecule has 0 aliphatic carbocycles. The van der Waals surface area contributed by atoms with Crippen LogP contribution < -0.4 is 5.32 Å². The minimum atomic E-state index is -1.30. The predicted octanol–water partition coefficient (Wildman–Crippen LogP) is 3.24. The number of carbonyl (C=O) groups excluding carboxylic acids is 1. The second-order valence-electron chi connectivity index (χ2n) is 8.02. The van der Waals surface area contributed by atoms with Crippen molar-refractivity contribution in [2.75, 3.05) is 19.6 Å². The van der Waals surface area contributed by atoms with E-state index in [1.807, 2.05) is 35.4 Å². The first-order valence-electron chi connectivity index (χ1n) is 10.5. The number of H-pyrrole nitrogens is 1. The van der Waals surface area contributed by atoms with Gasteiger partial charge in [0, 0.05) is 37.9 Å². The Morgan fingerprint density at radius 3 is 2.83 bits per heavy atom. The summed E-state index contributed by atoms with van der Waals surface area (Å²) in [6.07, 6.45) is 5.14. The molecule has 29 heavy (non-hydrogen) atoms. The molecule has 1 aromatic heterocycles. The molecule has 2 aromatic carbocycles. The van der Waals surface area contributed by atoms with E-state index in [2.05, 4.69) is 40.6 Å². The number of amides is 1. The molecule has 1 fully saturated rings. The Labute approximate surface area is 171 Å². The number of hydrogen-bond acceptors (Lipinski definition) is 3. The van der Waals surface area contributed by atoms with Crippen molar-refractivity contribution in [3.63, 3.8) is 0 Å². The molecule has 1 saturated heterocycles. The van der Waals surface area contributed by atoms with Crippen molar-refractivity contribution < 1.29 is 9.90 Å². The van der Waals surface area contributed by atoms with Crippen LogP contribution in [0.15, 0.2) is 60.8 Å². The van der Waals surface area contributed by atoms with Gasteiger partial charge in [0.15, 0.2) is 5.60 Å². The fraction of sp³-hybridized carbons (Fsp3) is 0.375. The van der Waals surface area contributed by atoms with Crippen LogP contribution >= 0.6 is 0 Å². The van der Waals surface area contributed by atoms with Gasteiger partial charge in [-0.1, -0.05) is 42.5 Å². The summed E-state index contributed by atoms with van der Waals surface area (Å²) in [5.74, 6) is -0.135. The molecule has 1 aliphatic rings. The summed E-state index contributed by atoms with van der Waals surface area (Å²) in [7, 11) is 0. The van der Waals surface area contributed by atoms with Crippen molar-refractivity contribution in [2.45, 2.75) is 37.8 Å². The van der Waals surface area contributed by atoms with Gasteiger partial charge in [-0.3, -0.25) is 4.79 Å². The first-order valence-corrected chi connectivity index (χ1v) is 10.5. The maximum Gasteiger partial charge on any atom is 0.255 e. The van der Waals surface area contributed by atoms with Gasteiger partial charge in [0.05, 0.1) is 0 Å². The number of rotatable bonds is 8. The van der Waals surface area contributed by atoms with E-state index in [9.17, 15) is 9.90 Å². The number of hydrogen-bond donors (Lipinski definition) is 3. The van der Waals surface area contributed by atoms with Gasteiger partial charge in [-0.25, -0.2) is 0 Å². The molecule has 5 nitrogen and oxygen atoms in total. The number of carbonyl (C=O) groups is 1. The number of benzene rings is 2. The zero-order valence-electron chi connectivity index (χ0n) is 16.7. The van der Waals surface area contributed by atoms with Gasteiger partial charge in [-0.15, -0.1) is 0 Å². The van der Waals surface area contributed by atoms with Crippen molar-refractivity contribution in [3.8, 4) is 0 Å². The number of aliphatic hydroxyl groups is 1. The van der Waals surface area contributed by atoms with Crippen LogP contribution in [0.25, 0.3) is 10.9 Å². The van der Waals surface area contributed by atoms with Crippen LogP contribution in [0.3, 0.4) is 0 Å². The third-order valence-electron chi connectivity index (χ3n) is 5.81. The Bertz CT molecular complexity index is 953. The van der Waals surface area contributed by atoms with Crippen molar-refractivity contribution >= 4 is 16.8 Å². The second kappa shape index (κ2) is 8.80. The van der Waals surface area contributed by atoms with E-state index in [1.54, 1.807) is 0 Å². The fourth-order valence-corrected chi connectivity index (χ4v) is 4.18. The molecule has 5 heteroatoms. The highest BCUT2D eigenvalue weighted by Gasteiger charge is 2.41. The lowest BCUT2D eigenvalue weighted by Crippen LogP contribution is -2.58. The second-order valence-corrected chi connectivity index (χ2v) is 8.02. The van der Waals surface area contributed by atoms with Crippen LogP contribution in [0.2, 0.25) is 0 Å². The first-order chi connectivity index (χ1) is 14.1. The Morgan fingerprint density at radius 1 is 1.10 bits per heavy atom. The predicted molar refractivity (Wildman–Crippen MR) is 116 cm³/mol. The van der Waals surface area contributed by atoms with Crippen molar-refractivity contribution in [3.05, 3.63) is 71.9 Å². The molecule has 3 N–H and O–H groups in total. The Kier molecular flexibility index (Phi) is 5.97. The number of piperidine rings is 1. The minimum Gasteiger partial charge on any atom is -0.379 e. The molecular formula is C24H29N3O2. The maximum atomic E-state index is 12.9. The molecule has 0 saturated carbocycles. The van der Waals surface area contributed by atoms with Gasteiger partial charge in [0.2, 0.25) is 0 Å². The zero-order valence-corrected chi connectivity index (χ0v) is 16.7. The summed E-state index contributed by atoms with van der Waals surface area (Å²) in [6.45, 7) is 2.33. The summed E-state index contributed by atoms with van der Waals surface area (Å²) >= 11 is 0. The van der Waals surface area contributed by atoms with Crippen LogP contribution in [-0.4, -0.2) is 46.1 Å². The van der Waals surface area contributed by atoms with Gasteiger partial charge in [0.25, 0.3) is 5.91 Å². The maximum absolute atomic E-state index is 12.9. The molecule has 0 bridgehead atoms. The highest BCUT2D eigenvalue weighted by Crippen LogP contribution is 2.23. The lowest BCUT2D eigenvalue weighted by Gasteiger charge is -2.38. The van der Waals surface area contributed by atoms with Crippen molar-refractivity contribution in [1.29, 1.82) is 0 Å². The molecule has 2 heterocycles. The highest BCUT2D eigenvalue weighted by atomic mass is 16.3. The molecule has 1 unspecified atom stereocenters. The SMILES string of the molecule is O=C1N(CCCc2ccccc2)CCCC1(O)CNCc1ccc2cc[nH]c2c1. The van der Waals surface area contributed by atoms with Crippen LogP contribution in [0.4, 0.5) is 0 Å². The summed E-state index contributed by atoms with van der Waals surface area (Å²) in [5, 5.41) is 15.5. The lowest BCUT2D eigenvalue weighted by atomic mass is 9.91. The third-order valence-corrected chi connectivity index (χ3v) is 5.81. The fourth-order valence-electron chi connectivity index (χ4n) is 4.18. The summed E-state index contributed by atoms with van der Waals surface area (Å²) < 4.78 is 0. The average Bonchev–Trinajstić information content (AvgIpc) is 3.20. The summed E-state index contributed by atoms with van der Waals surface area (Å²) in [4.78, 5) is 17.9. The van der Waals surface area contributed by atoms with Crippen molar-refractivity contribution in [1.82, 2.24) is 15.2 Å². The number of aromatic amines is 1. The Morgan fingerprint density at radius 2 is 1.97 bits per heavy atom. The lowest BCUT2D eigenvalue weighted by molar-refractivity contribution is -0.156. The Balaban J connectivity index is 1.28. The monoisotopic (exact) mass is 391 g/mol. The molecular weight excluding hydrogens is 362 g/mol. The van der Waals surface area contributed by atoms with E-state index in [-0.39, 0.29) is 12.5 Å². The first kappa shape index (κ1) is 19.7. The zero-order chi connectivity index (χ0) is 20.1. The molecule has 0 radical (unpaired) electrons. The molecule has 0 spiro atoms. The van der Waals surface area contributed by atoms with Gasteiger partial charge < -0.3 is 20.3 Å². The molecule has 1 amide bonds. The molecule has 1 atom stereocenters. The normalized spacial score (nSPS) is 19.8. The van der Waals surface area contributed by atoms with E-state index in [0.29, 0.717) is 19.5 Å². The number of likely N-dealkylation sites (tertiary alicyclic amines) is 1. The van der Waals surface area contributed by atoms with Gasteiger partial charge in [0.1, 0.15) is 0 Å². The minimum absolute atomic E-state index is 0.135. The molecule has 152 valence electrons. The summed E-state index contributed by atoms with van der Waals surface area (Å²) in [6, 6.07) is 18.6. The van der Waals surface area contributed by atoms with Gasteiger partial charge in [-0.2, -0.15) is 0 Å². The van der Waals surface area contributed by atoms with E-state index < -0.39 is 5.60 Å². The van der Waals surface area contributed by atoms with Crippen LogP contribution in [-0.2, 0) is 17.8 Å². The smallest absolute Gasteiger partial charge is 0.255 e. The van der Waals surface area contributed by atoms with Gasteiger partial charge in [-0.05, 0) is 54.3 Å². The van der Waals surface area contributed by atoms with E-state index in [0.717, 1.165) is 36.9 Å². The standard InChI is InChI=1S/C24H29N3O2/c28-23-24(29,18-25-17-20-9-10-21-11-13-26-22(21)16-20)12-5-15-27(23)14-4-8-19-6-2-1-3-7-19/h1-3,6-7,9-11,13,16,25-26,29H,4-5,8,12,14-15,17-18H2.